The molecule has 1 N–H and O–H groups in total. The zero-order valence-electron chi connectivity index (χ0n) is 6.03. The van der Waals surface area contributed by atoms with Gasteiger partial charge in [-0.2, -0.15) is 0 Å². The van der Waals surface area contributed by atoms with Crippen molar-refractivity contribution in [3.63, 3.8) is 0 Å². The Morgan fingerprint density at radius 2 is 2.36 bits per heavy atom. The number of carbonyl (C=O) groups is 1. The fourth-order valence-electron chi connectivity index (χ4n) is 0.722. The van der Waals surface area contributed by atoms with Gasteiger partial charge in [0.25, 0.3) is 5.24 Å². The third-order valence-corrected chi connectivity index (χ3v) is 1.24. The number of hydrogen-bond donors (Lipinski definition) is 2. The molecule has 0 bridgehead atoms. The predicted octanol–water partition coefficient (Wildman–Crippen LogP) is 1.85. The average Bonchev–Trinajstić information content (AvgIpc) is 1.85. The van der Waals surface area contributed by atoms with E-state index < -0.39 is 5.24 Å². The number of thiol groups is 1. The van der Waals surface area contributed by atoms with Crippen molar-refractivity contribution in [2.24, 2.45) is 0 Å². The van der Waals surface area contributed by atoms with Gasteiger partial charge in [-0.05, 0) is 19.1 Å². The van der Waals surface area contributed by atoms with Crippen molar-refractivity contribution in [2.45, 2.75) is 6.92 Å². The van der Waals surface area contributed by atoms with Gasteiger partial charge < -0.3 is 5.32 Å². The van der Waals surface area contributed by atoms with Gasteiger partial charge in [0.2, 0.25) is 0 Å². The van der Waals surface area contributed by atoms with Crippen molar-refractivity contribution in [1.82, 2.24) is 4.98 Å². The zero-order valence-corrected chi connectivity index (χ0v) is 6.93. The van der Waals surface area contributed by atoms with E-state index in [0.717, 1.165) is 5.69 Å². The van der Waals surface area contributed by atoms with Crippen molar-refractivity contribution >= 4 is 23.7 Å². The number of aromatic nitrogens is 1. The first-order valence-electron chi connectivity index (χ1n) is 3.12. The van der Waals surface area contributed by atoms with Crippen molar-refractivity contribution in [2.75, 3.05) is 5.32 Å². The van der Waals surface area contributed by atoms with E-state index in [4.69, 9.17) is 0 Å². The first kappa shape index (κ1) is 8.07. The van der Waals surface area contributed by atoms with Gasteiger partial charge in [0.1, 0.15) is 5.82 Å². The van der Waals surface area contributed by atoms with Crippen LogP contribution in [0.1, 0.15) is 5.69 Å². The van der Waals surface area contributed by atoms with E-state index in [2.05, 4.69) is 22.9 Å². The molecule has 11 heavy (non-hydrogen) atoms. The highest BCUT2D eigenvalue weighted by Gasteiger charge is 1.95. The van der Waals surface area contributed by atoms with Crippen LogP contribution in [0.4, 0.5) is 10.6 Å². The van der Waals surface area contributed by atoms with E-state index >= 15 is 0 Å². The molecule has 1 aromatic heterocycles. The molecule has 1 rings (SSSR count). The van der Waals surface area contributed by atoms with Gasteiger partial charge in [0.15, 0.2) is 0 Å². The number of amides is 1. The maximum absolute atomic E-state index is 10.4. The first-order valence-corrected chi connectivity index (χ1v) is 3.57. The van der Waals surface area contributed by atoms with E-state index in [1.807, 2.05) is 19.1 Å². The molecule has 0 saturated heterocycles. The van der Waals surface area contributed by atoms with Crippen LogP contribution in [0, 0.1) is 6.92 Å². The topological polar surface area (TPSA) is 42.0 Å². The molecule has 4 heteroatoms. The summed E-state index contributed by atoms with van der Waals surface area (Å²) in [6, 6.07) is 5.39. The summed E-state index contributed by atoms with van der Waals surface area (Å²) >= 11 is 3.55. The van der Waals surface area contributed by atoms with Crippen molar-refractivity contribution in [3.8, 4) is 0 Å². The van der Waals surface area contributed by atoms with E-state index in [0.29, 0.717) is 5.82 Å². The fourth-order valence-corrected chi connectivity index (χ4v) is 0.837. The van der Waals surface area contributed by atoms with E-state index in [1.54, 1.807) is 6.07 Å². The molecule has 0 aliphatic carbocycles. The number of hydrogen-bond acceptors (Lipinski definition) is 2. The maximum atomic E-state index is 10.4. The summed E-state index contributed by atoms with van der Waals surface area (Å²) < 4.78 is 0. The number of anilines is 1. The number of nitrogens with one attached hydrogen (secondary N) is 1. The molecule has 0 spiro atoms. The maximum Gasteiger partial charge on any atom is 0.281 e. The molecule has 3 nitrogen and oxygen atoms in total. The molecule has 0 atom stereocenters. The Morgan fingerprint density at radius 3 is 2.91 bits per heavy atom. The summed E-state index contributed by atoms with van der Waals surface area (Å²) in [5.74, 6) is 0.532. The largest absolute Gasteiger partial charge is 0.302 e. The lowest BCUT2D eigenvalue weighted by molar-refractivity contribution is 0.270. The van der Waals surface area contributed by atoms with Gasteiger partial charge in [-0.25, -0.2) is 4.98 Å². The highest BCUT2D eigenvalue weighted by molar-refractivity contribution is 7.96. The van der Waals surface area contributed by atoms with Crippen LogP contribution in [0.3, 0.4) is 0 Å². The minimum Gasteiger partial charge on any atom is -0.302 e. The van der Waals surface area contributed by atoms with E-state index in [-0.39, 0.29) is 0 Å². The van der Waals surface area contributed by atoms with Gasteiger partial charge in [0.05, 0.1) is 0 Å². The summed E-state index contributed by atoms with van der Waals surface area (Å²) in [5, 5.41) is 2.06. The van der Waals surface area contributed by atoms with E-state index in [1.165, 1.54) is 0 Å². The molecular formula is C7H8N2OS. The quantitative estimate of drug-likeness (QED) is 0.628. The van der Waals surface area contributed by atoms with Crippen LogP contribution in [0.2, 0.25) is 0 Å². The van der Waals surface area contributed by atoms with Crippen LogP contribution in [0.25, 0.3) is 0 Å². The standard InChI is InChI=1S/C7H8N2OS/c1-5-3-2-4-6(8-5)9-7(10)11/h2-4H,1H3,(H2,8,9,10,11). The zero-order chi connectivity index (χ0) is 8.27. The molecule has 1 heterocycles. The predicted molar refractivity (Wildman–Crippen MR) is 47.0 cm³/mol. The van der Waals surface area contributed by atoms with Gasteiger partial charge >= 0.3 is 0 Å². The second-order valence-corrected chi connectivity index (χ2v) is 2.50. The number of nitrogens with zero attached hydrogens (tertiary/aromatic N) is 1. The lowest BCUT2D eigenvalue weighted by atomic mass is 10.4. The van der Waals surface area contributed by atoms with Gasteiger partial charge in [0, 0.05) is 5.69 Å². The van der Waals surface area contributed by atoms with Crippen molar-refractivity contribution < 1.29 is 4.79 Å². The van der Waals surface area contributed by atoms with Gasteiger partial charge in [-0.15, -0.1) is 0 Å². The number of carbonyl (C=O) groups excluding carboxylic acids is 1. The third-order valence-electron chi connectivity index (χ3n) is 1.12. The lowest BCUT2D eigenvalue weighted by Gasteiger charge is -1.99. The van der Waals surface area contributed by atoms with Gasteiger partial charge in [-0.1, -0.05) is 18.7 Å². The first-order chi connectivity index (χ1) is 5.18. The highest BCUT2D eigenvalue weighted by Crippen LogP contribution is 2.03. The molecule has 58 valence electrons. The molecule has 1 amide bonds. The SMILES string of the molecule is Cc1cccc(NC(=O)S)n1. The molecule has 1 aromatic rings. The molecule has 0 saturated carbocycles. The molecule has 0 aromatic carbocycles. The minimum atomic E-state index is -0.400. The Labute approximate surface area is 70.2 Å². The normalized spacial score (nSPS) is 9.27. The van der Waals surface area contributed by atoms with Crippen LogP contribution in [-0.4, -0.2) is 10.2 Å². The van der Waals surface area contributed by atoms with Crippen LogP contribution >= 0.6 is 12.6 Å². The minimum absolute atomic E-state index is 0.400. The lowest BCUT2D eigenvalue weighted by Crippen LogP contribution is -2.03. The molecule has 0 aliphatic rings. The van der Waals surface area contributed by atoms with Crippen molar-refractivity contribution in [3.05, 3.63) is 23.9 Å². The molecule has 0 radical (unpaired) electrons. The number of aryl methyl sites for hydroxylation is 1. The van der Waals surface area contributed by atoms with Crippen LogP contribution < -0.4 is 5.32 Å². The molecule has 0 aliphatic heterocycles. The molecule has 0 unspecified atom stereocenters. The Hall–Kier alpha value is -1.03. The summed E-state index contributed by atoms with van der Waals surface area (Å²) in [6.45, 7) is 1.86. The Kier molecular flexibility index (Phi) is 2.48. The van der Waals surface area contributed by atoms with Crippen LogP contribution in [0.5, 0.6) is 0 Å². The van der Waals surface area contributed by atoms with Gasteiger partial charge in [-0.3, -0.25) is 4.79 Å². The second-order valence-electron chi connectivity index (χ2n) is 2.09. The van der Waals surface area contributed by atoms with Crippen LogP contribution in [-0.2, 0) is 0 Å². The number of rotatable bonds is 1. The fraction of sp³-hybridized carbons (Fsp3) is 0.143. The van der Waals surface area contributed by atoms with E-state index in [9.17, 15) is 4.79 Å². The summed E-state index contributed by atoms with van der Waals surface area (Å²) in [6.07, 6.45) is 0. The summed E-state index contributed by atoms with van der Waals surface area (Å²) in [7, 11) is 0. The van der Waals surface area contributed by atoms with Crippen molar-refractivity contribution in [1.29, 1.82) is 0 Å². The Bertz CT molecular complexity index is 275. The highest BCUT2D eigenvalue weighted by atomic mass is 32.1. The second kappa shape index (κ2) is 3.39. The smallest absolute Gasteiger partial charge is 0.281 e. The molecule has 0 fully saturated rings. The Balaban J connectivity index is 2.79. The summed E-state index contributed by atoms with van der Waals surface area (Å²) in [4.78, 5) is 14.5. The molecular weight excluding hydrogens is 160 g/mol. The van der Waals surface area contributed by atoms with Crippen LogP contribution in [0.15, 0.2) is 18.2 Å². The third kappa shape index (κ3) is 2.59. The monoisotopic (exact) mass is 168 g/mol. The summed E-state index contributed by atoms with van der Waals surface area (Å²) in [5.41, 5.74) is 0.865. The Morgan fingerprint density at radius 1 is 1.64 bits per heavy atom. The average molecular weight is 168 g/mol. The number of pyridine rings is 1.